The summed E-state index contributed by atoms with van der Waals surface area (Å²) in [6, 6.07) is 0. The molecule has 1 saturated carbocycles. The van der Waals surface area contributed by atoms with Crippen molar-refractivity contribution in [2.45, 2.75) is 39.0 Å². The Kier molecular flexibility index (Phi) is 4.43. The lowest BCUT2D eigenvalue weighted by atomic mass is 9.86. The number of oxime groups is 1. The maximum atomic E-state index is 11.2. The van der Waals surface area contributed by atoms with Crippen LogP contribution in [-0.4, -0.2) is 23.5 Å². The van der Waals surface area contributed by atoms with Crippen molar-refractivity contribution in [1.29, 1.82) is 0 Å². The summed E-state index contributed by atoms with van der Waals surface area (Å²) < 4.78 is 4.87. The first-order valence-corrected chi connectivity index (χ1v) is 5.11. The van der Waals surface area contributed by atoms with E-state index in [2.05, 4.69) is 5.16 Å². The zero-order valence-electron chi connectivity index (χ0n) is 8.53. The molecule has 1 aliphatic carbocycles. The molecule has 0 aliphatic heterocycles. The Morgan fingerprint density at radius 1 is 1.71 bits per heavy atom. The normalized spacial score (nSPS) is 24.9. The summed E-state index contributed by atoms with van der Waals surface area (Å²) in [5, 5.41) is 11.8. The van der Waals surface area contributed by atoms with Crippen LogP contribution in [0, 0.1) is 5.92 Å². The largest absolute Gasteiger partial charge is 0.466 e. The average molecular weight is 199 g/mol. The van der Waals surface area contributed by atoms with Gasteiger partial charge in [0.2, 0.25) is 0 Å². The molecule has 80 valence electrons. The molecule has 0 aromatic heterocycles. The maximum Gasteiger partial charge on any atom is 0.306 e. The third-order valence-corrected chi connectivity index (χ3v) is 2.50. The van der Waals surface area contributed by atoms with Gasteiger partial charge in [-0.15, -0.1) is 0 Å². The number of hydrogen-bond acceptors (Lipinski definition) is 4. The van der Waals surface area contributed by atoms with E-state index in [0.717, 1.165) is 31.4 Å². The van der Waals surface area contributed by atoms with Gasteiger partial charge in [-0.2, -0.15) is 0 Å². The molecule has 4 heteroatoms. The molecule has 0 heterocycles. The second-order valence-electron chi connectivity index (χ2n) is 3.64. The molecule has 0 bridgehead atoms. The highest BCUT2D eigenvalue weighted by molar-refractivity contribution is 5.85. The van der Waals surface area contributed by atoms with Crippen LogP contribution in [-0.2, 0) is 9.53 Å². The molecule has 1 fully saturated rings. The molecule has 4 nitrogen and oxygen atoms in total. The van der Waals surface area contributed by atoms with Crippen molar-refractivity contribution >= 4 is 11.7 Å². The number of ether oxygens (including phenoxy) is 1. The minimum absolute atomic E-state index is 0.142. The topological polar surface area (TPSA) is 58.9 Å². The number of esters is 1. The summed E-state index contributed by atoms with van der Waals surface area (Å²) in [5.74, 6) is 0.158. The van der Waals surface area contributed by atoms with Crippen LogP contribution in [0.3, 0.4) is 0 Å². The summed E-state index contributed by atoms with van der Waals surface area (Å²) in [7, 11) is 0. The van der Waals surface area contributed by atoms with Gasteiger partial charge in [0, 0.05) is 6.42 Å². The molecule has 0 saturated heterocycles. The molecule has 0 aromatic carbocycles. The summed E-state index contributed by atoms with van der Waals surface area (Å²) in [4.78, 5) is 11.2. The highest BCUT2D eigenvalue weighted by Gasteiger charge is 2.21. The molecule has 1 aliphatic rings. The van der Waals surface area contributed by atoms with Gasteiger partial charge in [-0.1, -0.05) is 5.16 Å². The minimum Gasteiger partial charge on any atom is -0.466 e. The van der Waals surface area contributed by atoms with Crippen molar-refractivity contribution in [3.63, 3.8) is 0 Å². The Morgan fingerprint density at radius 2 is 2.50 bits per heavy atom. The fraction of sp³-hybridized carbons (Fsp3) is 0.800. The molecule has 1 unspecified atom stereocenters. The van der Waals surface area contributed by atoms with Crippen molar-refractivity contribution in [2.75, 3.05) is 6.61 Å². The highest BCUT2D eigenvalue weighted by Crippen LogP contribution is 2.25. The average Bonchev–Trinajstić information content (AvgIpc) is 2.18. The number of nitrogens with zero attached hydrogens (tertiary/aromatic N) is 1. The summed E-state index contributed by atoms with van der Waals surface area (Å²) in [6.45, 7) is 2.24. The van der Waals surface area contributed by atoms with E-state index in [9.17, 15) is 4.79 Å². The van der Waals surface area contributed by atoms with Crippen molar-refractivity contribution in [3.05, 3.63) is 0 Å². The third kappa shape index (κ3) is 3.36. The van der Waals surface area contributed by atoms with Crippen molar-refractivity contribution in [1.82, 2.24) is 0 Å². The van der Waals surface area contributed by atoms with E-state index in [1.807, 2.05) is 0 Å². The van der Waals surface area contributed by atoms with Gasteiger partial charge in [0.1, 0.15) is 0 Å². The second-order valence-corrected chi connectivity index (χ2v) is 3.64. The predicted octanol–water partition coefficient (Wildman–Crippen LogP) is 1.96. The van der Waals surface area contributed by atoms with E-state index in [0.29, 0.717) is 18.9 Å². The predicted molar refractivity (Wildman–Crippen MR) is 52.4 cm³/mol. The second kappa shape index (κ2) is 5.62. The Hall–Kier alpha value is -1.06. The SMILES string of the molecule is CCOC(=O)CC1CCC/C(=N/O)C1. The Morgan fingerprint density at radius 3 is 3.14 bits per heavy atom. The number of rotatable bonds is 3. The van der Waals surface area contributed by atoms with Gasteiger partial charge in [-0.3, -0.25) is 4.79 Å². The Labute approximate surface area is 83.9 Å². The van der Waals surface area contributed by atoms with Gasteiger partial charge in [-0.25, -0.2) is 0 Å². The van der Waals surface area contributed by atoms with Crippen LogP contribution in [0.25, 0.3) is 0 Å². The quantitative estimate of drug-likeness (QED) is 0.429. The fourth-order valence-corrected chi connectivity index (χ4v) is 1.85. The van der Waals surface area contributed by atoms with E-state index in [1.165, 1.54) is 0 Å². The van der Waals surface area contributed by atoms with E-state index < -0.39 is 0 Å². The van der Waals surface area contributed by atoms with Gasteiger partial charge in [0.05, 0.1) is 12.3 Å². The first-order valence-electron chi connectivity index (χ1n) is 5.11. The van der Waals surface area contributed by atoms with Crippen LogP contribution in [0.1, 0.15) is 39.0 Å². The Balaban J connectivity index is 2.34. The molecular weight excluding hydrogens is 182 g/mol. The van der Waals surface area contributed by atoms with Crippen LogP contribution in [0.15, 0.2) is 5.16 Å². The molecule has 14 heavy (non-hydrogen) atoms. The third-order valence-electron chi connectivity index (χ3n) is 2.50. The summed E-state index contributed by atoms with van der Waals surface area (Å²) in [5.41, 5.74) is 0.811. The molecule has 0 radical (unpaired) electrons. The fourth-order valence-electron chi connectivity index (χ4n) is 1.85. The molecule has 1 N–H and O–H groups in total. The van der Waals surface area contributed by atoms with Crippen LogP contribution in [0.2, 0.25) is 0 Å². The summed E-state index contributed by atoms with van der Waals surface area (Å²) in [6.07, 6.45) is 4.07. The zero-order valence-corrected chi connectivity index (χ0v) is 8.53. The number of hydrogen-bond donors (Lipinski definition) is 1. The standard InChI is InChI=1S/C10H17NO3/c1-2-14-10(12)7-8-4-3-5-9(6-8)11-13/h8,13H,2-7H2,1H3/b11-9-. The van der Waals surface area contributed by atoms with Crippen molar-refractivity contribution < 1.29 is 14.7 Å². The van der Waals surface area contributed by atoms with Crippen molar-refractivity contribution in [3.8, 4) is 0 Å². The van der Waals surface area contributed by atoms with Gasteiger partial charge >= 0.3 is 5.97 Å². The first-order chi connectivity index (χ1) is 6.76. The molecule has 0 spiro atoms. The van der Waals surface area contributed by atoms with E-state index in [1.54, 1.807) is 6.92 Å². The molecule has 1 rings (SSSR count). The summed E-state index contributed by atoms with van der Waals surface area (Å²) >= 11 is 0. The molecule has 0 aromatic rings. The highest BCUT2D eigenvalue weighted by atomic mass is 16.5. The molecule has 0 amide bonds. The number of carbonyl (C=O) groups excluding carboxylic acids is 1. The van der Waals surface area contributed by atoms with Crippen LogP contribution < -0.4 is 0 Å². The lowest BCUT2D eigenvalue weighted by Crippen LogP contribution is -2.19. The van der Waals surface area contributed by atoms with Crippen LogP contribution in [0.5, 0.6) is 0 Å². The Bertz CT molecular complexity index is 225. The monoisotopic (exact) mass is 199 g/mol. The van der Waals surface area contributed by atoms with Gasteiger partial charge < -0.3 is 9.94 Å². The number of carbonyl (C=O) groups is 1. The lowest BCUT2D eigenvalue weighted by molar-refractivity contribution is -0.144. The van der Waals surface area contributed by atoms with Crippen molar-refractivity contribution in [2.24, 2.45) is 11.1 Å². The van der Waals surface area contributed by atoms with E-state index >= 15 is 0 Å². The smallest absolute Gasteiger partial charge is 0.306 e. The molecule has 1 atom stereocenters. The zero-order chi connectivity index (χ0) is 10.4. The minimum atomic E-state index is -0.142. The first kappa shape index (κ1) is 11.0. The van der Waals surface area contributed by atoms with E-state index in [4.69, 9.17) is 9.94 Å². The molecular formula is C10H17NO3. The van der Waals surface area contributed by atoms with Gasteiger partial charge in [0.15, 0.2) is 0 Å². The van der Waals surface area contributed by atoms with Crippen LogP contribution in [0.4, 0.5) is 0 Å². The van der Waals surface area contributed by atoms with Gasteiger partial charge in [0.25, 0.3) is 0 Å². The lowest BCUT2D eigenvalue weighted by Gasteiger charge is -2.21. The van der Waals surface area contributed by atoms with Crippen LogP contribution >= 0.6 is 0 Å². The van der Waals surface area contributed by atoms with E-state index in [-0.39, 0.29) is 5.97 Å². The maximum absolute atomic E-state index is 11.2. The van der Waals surface area contributed by atoms with Gasteiger partial charge in [-0.05, 0) is 38.5 Å².